The Labute approximate surface area is 241 Å². The molecule has 0 aliphatic rings. The molecular weight excluding hydrogens is 514 g/mol. The summed E-state index contributed by atoms with van der Waals surface area (Å²) in [6.07, 6.45) is 2.83. The Morgan fingerprint density at radius 2 is 1.69 bits per heavy atom. The summed E-state index contributed by atoms with van der Waals surface area (Å²) in [7, 11) is 37.6. The number of rotatable bonds is 7. The van der Waals surface area contributed by atoms with E-state index in [1.165, 1.54) is 31.0 Å². The highest BCUT2D eigenvalue weighted by Gasteiger charge is 2.50. The van der Waals surface area contributed by atoms with Crippen molar-refractivity contribution >= 4 is 76.9 Å². The van der Waals surface area contributed by atoms with Crippen LogP contribution in [-0.4, -0.2) is 107 Å². The molecule has 2 rings (SSSR count). The van der Waals surface area contributed by atoms with Gasteiger partial charge < -0.3 is 15.3 Å². The zero-order chi connectivity index (χ0) is 30.9. The fourth-order valence-corrected chi connectivity index (χ4v) is 3.62. The molecule has 2 heterocycles. The number of nitrogens with zero attached hydrogens (tertiary/aromatic N) is 4. The Morgan fingerprint density at radius 1 is 1.18 bits per heavy atom. The molecule has 39 heavy (non-hydrogen) atoms. The van der Waals surface area contributed by atoms with Crippen molar-refractivity contribution < 1.29 is 14.2 Å². The van der Waals surface area contributed by atoms with Gasteiger partial charge in [0.05, 0.1) is 84.1 Å². The van der Waals surface area contributed by atoms with Gasteiger partial charge in [-0.15, -0.1) is 0 Å². The second-order valence-electron chi connectivity index (χ2n) is 7.99. The average Bonchev–Trinajstić information content (AvgIpc) is 2.89. The van der Waals surface area contributed by atoms with Crippen LogP contribution >= 0.6 is 11.6 Å². The second-order valence-corrected chi connectivity index (χ2v) is 8.37. The van der Waals surface area contributed by atoms with Crippen LogP contribution in [0.1, 0.15) is 17.0 Å². The summed E-state index contributed by atoms with van der Waals surface area (Å²) in [6, 6.07) is 3.20. The van der Waals surface area contributed by atoms with E-state index in [0.29, 0.717) is 24.1 Å². The number of hydrogen-bond donors (Lipinski definition) is 2. The number of hydrogen-bond acceptors (Lipinski definition) is 6. The maximum atomic E-state index is 13.0. The summed E-state index contributed by atoms with van der Waals surface area (Å²) >= 11 is 6.20. The molecule has 0 aromatic carbocycles. The van der Waals surface area contributed by atoms with E-state index in [-0.39, 0.29) is 22.2 Å². The molecule has 2 aromatic heterocycles. The van der Waals surface area contributed by atoms with Gasteiger partial charge in [-0.25, -0.2) is 4.99 Å². The lowest BCUT2D eigenvalue weighted by Crippen LogP contribution is -2.60. The summed E-state index contributed by atoms with van der Waals surface area (Å²) in [5, 5.41) is 11.7. The maximum absolute atomic E-state index is 13.0. The first-order chi connectivity index (χ1) is 18.0. The first-order valence-electron chi connectivity index (χ1n) is 10.9. The van der Waals surface area contributed by atoms with E-state index in [9.17, 15) is 14.3 Å². The third-order valence-electron chi connectivity index (χ3n) is 5.31. The predicted octanol–water partition coefficient (Wildman–Crippen LogP) is 1.26. The molecule has 0 saturated carbocycles. The average molecular weight is 539 g/mol. The molecule has 0 atom stereocenters. The Hall–Kier alpha value is -2.78. The van der Waals surface area contributed by atoms with E-state index < -0.39 is 27.2 Å². The molecule has 0 spiro atoms. The molecule has 12 radical (unpaired) electrons. The molecule has 0 aliphatic carbocycles. The van der Waals surface area contributed by atoms with E-state index >= 15 is 0 Å². The van der Waals surface area contributed by atoms with Crippen molar-refractivity contribution in [2.75, 3.05) is 21.3 Å². The Bertz CT molecular complexity index is 1280. The zero-order valence-electron chi connectivity index (χ0n) is 22.5. The normalized spacial score (nSPS) is 12.4. The van der Waals surface area contributed by atoms with E-state index in [2.05, 4.69) is 28.3 Å². The van der Waals surface area contributed by atoms with Gasteiger partial charge in [0.1, 0.15) is 10.8 Å². The summed E-state index contributed by atoms with van der Waals surface area (Å²) in [4.78, 5) is 25.5. The Morgan fingerprint density at radius 3 is 2.10 bits per heavy atom. The molecule has 2 aromatic rings. The molecule has 0 amide bonds. The van der Waals surface area contributed by atoms with E-state index in [0.717, 1.165) is 0 Å². The van der Waals surface area contributed by atoms with Gasteiger partial charge in [-0.3, -0.25) is 23.7 Å². The summed E-state index contributed by atoms with van der Waals surface area (Å²) in [5.74, 6) is -0.228. The largest absolute Gasteiger partial charge is 0.495 e. The fraction of sp³-hybridized carbons (Fsp3) is 0.348. The highest BCUT2D eigenvalue weighted by molar-refractivity contribution is 6.67. The van der Waals surface area contributed by atoms with Crippen molar-refractivity contribution in [3.8, 4) is 11.4 Å². The molecule has 0 aliphatic heterocycles. The minimum atomic E-state index is -2.69. The van der Waals surface area contributed by atoms with Gasteiger partial charge in [-0.1, -0.05) is 28.4 Å². The van der Waals surface area contributed by atoms with Crippen LogP contribution in [0, 0.1) is 19.3 Å². The number of alkyl halides is 1. The van der Waals surface area contributed by atoms with Crippen LogP contribution in [0.2, 0.25) is 15.2 Å². The molecule has 192 valence electrons. The summed E-state index contributed by atoms with van der Waals surface area (Å²) in [5.41, 5.74) is -1.20. The lowest BCUT2D eigenvalue weighted by molar-refractivity contribution is 0.113. The standard InChI is InChI=1S/C21H19B6ClN4O3.CH3F.CH3N/c1-6-12(31-18(29-4)19(34,20(22,23)24)21(25,26)27)13-8-14(10(2)9-30-13)32-11(3)7-15(35-5)16(28)17(32)33;2*1-2/h6-9,34H,1H2,2-5H3;1H3;2H,1H2. The highest BCUT2D eigenvalue weighted by atomic mass is 35.5. The summed E-state index contributed by atoms with van der Waals surface area (Å²) < 4.78 is 16.1. The van der Waals surface area contributed by atoms with Gasteiger partial charge in [0.25, 0.3) is 5.56 Å². The SMILES string of the molecule is C=N.CF.[B]C([B])([B])C(O)(C(N=C(C=C)c1cc(-n2c(C)cc(OC)c(Cl)c2=O)c(C)cn1)=NC)C([B])([B])[B]. The third kappa shape index (κ3) is 7.45. The number of aliphatic hydroxyl groups is 1. The van der Waals surface area contributed by atoms with Gasteiger partial charge in [0.2, 0.25) is 0 Å². The number of pyridine rings is 2. The van der Waals surface area contributed by atoms with Crippen molar-refractivity contribution in [2.45, 2.75) is 29.7 Å². The van der Waals surface area contributed by atoms with Crippen LogP contribution in [0.4, 0.5) is 4.39 Å². The number of aliphatic imine (C=N–C) groups is 2. The number of nitrogens with one attached hydrogen (secondary N) is 1. The minimum Gasteiger partial charge on any atom is -0.495 e. The zero-order valence-corrected chi connectivity index (χ0v) is 23.3. The lowest BCUT2D eigenvalue weighted by Gasteiger charge is -2.51. The molecule has 2 N–H and O–H groups in total. The van der Waals surface area contributed by atoms with Gasteiger partial charge in [-0.05, 0) is 38.3 Å². The lowest BCUT2D eigenvalue weighted by atomic mass is 9.23. The molecule has 0 unspecified atom stereocenters. The number of amidine groups is 1. The number of methoxy groups -OCH3 is 1. The van der Waals surface area contributed by atoms with Crippen LogP contribution in [0.15, 0.2) is 45.8 Å². The van der Waals surface area contributed by atoms with Crippen molar-refractivity contribution in [1.82, 2.24) is 9.55 Å². The highest BCUT2D eigenvalue weighted by Crippen LogP contribution is 2.44. The Kier molecular flexibility index (Phi) is 13.5. The van der Waals surface area contributed by atoms with Gasteiger partial charge in [-0.2, -0.15) is 0 Å². The third-order valence-corrected chi connectivity index (χ3v) is 5.65. The quantitative estimate of drug-likeness (QED) is 0.314. The topological polar surface area (TPSA) is 113 Å². The first-order valence-corrected chi connectivity index (χ1v) is 11.2. The van der Waals surface area contributed by atoms with Gasteiger partial charge in [0.15, 0.2) is 5.84 Å². The fourth-order valence-electron chi connectivity index (χ4n) is 3.40. The van der Waals surface area contributed by atoms with Crippen LogP contribution < -0.4 is 10.3 Å². The van der Waals surface area contributed by atoms with Gasteiger partial charge >= 0.3 is 0 Å². The monoisotopic (exact) mass is 539 g/mol. The van der Waals surface area contributed by atoms with Crippen molar-refractivity contribution in [1.29, 1.82) is 5.41 Å². The van der Waals surface area contributed by atoms with E-state index in [1.54, 1.807) is 26.0 Å². The number of allylic oxidation sites excluding steroid dienone is 1. The van der Waals surface area contributed by atoms with Crippen molar-refractivity contribution in [2.24, 2.45) is 9.98 Å². The minimum absolute atomic E-state index is 0.0871. The number of aromatic nitrogens is 2. The van der Waals surface area contributed by atoms with Crippen molar-refractivity contribution in [3.63, 3.8) is 0 Å². The molecule has 0 saturated heterocycles. The number of aryl methyl sites for hydroxylation is 2. The van der Waals surface area contributed by atoms with Crippen LogP contribution in [0.3, 0.4) is 0 Å². The van der Waals surface area contributed by atoms with E-state index in [1.807, 2.05) is 0 Å². The maximum Gasteiger partial charge on any atom is 0.277 e. The molecular formula is C23H25B6ClFN5O3. The van der Waals surface area contributed by atoms with E-state index in [4.69, 9.17) is 68.8 Å². The molecule has 0 fully saturated rings. The Balaban J connectivity index is 0.00000344. The molecule has 8 nitrogen and oxygen atoms in total. The van der Waals surface area contributed by atoms with Crippen molar-refractivity contribution in [3.05, 3.63) is 63.3 Å². The van der Waals surface area contributed by atoms with Gasteiger partial charge in [0, 0.05) is 25.0 Å². The number of ether oxygens (including phenoxy) is 1. The predicted molar refractivity (Wildman–Crippen MR) is 163 cm³/mol. The first kappa shape index (κ1) is 36.2. The van der Waals surface area contributed by atoms with Crippen LogP contribution in [0.5, 0.6) is 5.75 Å². The number of halogens is 2. The smallest absolute Gasteiger partial charge is 0.277 e. The molecule has 0 bridgehead atoms. The second kappa shape index (κ2) is 14.6. The van der Waals surface area contributed by atoms with Crippen LogP contribution in [-0.2, 0) is 0 Å². The molecule has 16 heteroatoms. The van der Waals surface area contributed by atoms with Crippen LogP contribution in [0.25, 0.3) is 5.69 Å². The summed E-state index contributed by atoms with van der Waals surface area (Å²) in [6.45, 7) is 9.71.